The first-order valence-electron chi connectivity index (χ1n) is 7.61. The van der Waals surface area contributed by atoms with Crippen LogP contribution < -0.4 is 14.9 Å². The summed E-state index contributed by atoms with van der Waals surface area (Å²) in [4.78, 5) is 12.3. The summed E-state index contributed by atoms with van der Waals surface area (Å²) in [7, 11) is 3.10. The lowest BCUT2D eigenvalue weighted by molar-refractivity contribution is 0.0954. The Hall–Kier alpha value is -2.30. The molecule has 0 saturated heterocycles. The second kappa shape index (κ2) is 6.86. The van der Waals surface area contributed by atoms with Crippen LogP contribution in [0.1, 0.15) is 44.0 Å². The van der Waals surface area contributed by atoms with E-state index in [1.54, 1.807) is 25.3 Å². The monoisotopic (exact) mass is 316 g/mol. The minimum Gasteiger partial charge on any atom is -0.493 e. The van der Waals surface area contributed by atoms with Crippen molar-refractivity contribution in [2.45, 2.75) is 33.6 Å². The number of hydrazone groups is 1. The van der Waals surface area contributed by atoms with Crippen LogP contribution in [0.3, 0.4) is 0 Å². The van der Waals surface area contributed by atoms with Crippen LogP contribution >= 0.6 is 0 Å². The number of carbonyl (C=O) groups is 1. The number of ether oxygens (including phenoxy) is 2. The Morgan fingerprint density at radius 1 is 1.17 bits per heavy atom. The largest absolute Gasteiger partial charge is 0.493 e. The van der Waals surface area contributed by atoms with Crippen LogP contribution in [0.25, 0.3) is 0 Å². The van der Waals surface area contributed by atoms with Crippen molar-refractivity contribution in [1.29, 1.82) is 0 Å². The zero-order valence-electron chi connectivity index (χ0n) is 14.4. The fraction of sp³-hybridized carbons (Fsp3) is 0.444. The molecule has 0 heterocycles. The van der Waals surface area contributed by atoms with Gasteiger partial charge in [-0.1, -0.05) is 19.4 Å². The van der Waals surface area contributed by atoms with Crippen molar-refractivity contribution in [3.63, 3.8) is 0 Å². The molecule has 23 heavy (non-hydrogen) atoms. The summed E-state index contributed by atoms with van der Waals surface area (Å²) in [5.41, 5.74) is 5.45. The predicted molar refractivity (Wildman–Crippen MR) is 91.2 cm³/mol. The van der Waals surface area contributed by atoms with E-state index in [0.717, 1.165) is 18.6 Å². The van der Waals surface area contributed by atoms with Crippen molar-refractivity contribution in [3.8, 4) is 11.5 Å². The highest BCUT2D eigenvalue weighted by molar-refractivity contribution is 5.99. The smallest absolute Gasteiger partial charge is 0.271 e. The third kappa shape index (κ3) is 4.34. The lowest BCUT2D eigenvalue weighted by Gasteiger charge is -2.29. The van der Waals surface area contributed by atoms with Crippen LogP contribution in [-0.4, -0.2) is 25.8 Å². The number of methoxy groups -OCH3 is 2. The first-order chi connectivity index (χ1) is 10.8. The summed E-state index contributed by atoms with van der Waals surface area (Å²) in [5, 5.41) is 4.27. The Bertz CT molecular complexity index is 660. The molecule has 5 heteroatoms. The van der Waals surface area contributed by atoms with Crippen molar-refractivity contribution in [3.05, 3.63) is 35.4 Å². The molecule has 0 unspecified atom stereocenters. The van der Waals surface area contributed by atoms with Gasteiger partial charge in [-0.3, -0.25) is 4.79 Å². The number of carbonyl (C=O) groups excluding carboxylic acids is 1. The third-order valence-electron chi connectivity index (χ3n) is 3.78. The number of hydrogen-bond acceptors (Lipinski definition) is 4. The molecule has 1 N–H and O–H groups in total. The first kappa shape index (κ1) is 17.1. The second-order valence-corrected chi connectivity index (χ2v) is 6.62. The zero-order chi connectivity index (χ0) is 17.0. The van der Waals surface area contributed by atoms with Crippen LogP contribution in [0.15, 0.2) is 34.9 Å². The minimum atomic E-state index is -0.270. The maximum atomic E-state index is 12.3. The van der Waals surface area contributed by atoms with E-state index in [9.17, 15) is 4.79 Å². The molecular weight excluding hydrogens is 292 g/mol. The summed E-state index contributed by atoms with van der Waals surface area (Å²) in [5.74, 6) is 0.832. The molecule has 0 atom stereocenters. The molecule has 0 aromatic heterocycles. The van der Waals surface area contributed by atoms with Gasteiger partial charge in [0.15, 0.2) is 11.5 Å². The van der Waals surface area contributed by atoms with Gasteiger partial charge < -0.3 is 9.47 Å². The van der Waals surface area contributed by atoms with E-state index in [1.165, 1.54) is 12.7 Å². The first-order valence-corrected chi connectivity index (χ1v) is 7.61. The summed E-state index contributed by atoms with van der Waals surface area (Å²) >= 11 is 0. The summed E-state index contributed by atoms with van der Waals surface area (Å²) < 4.78 is 10.4. The van der Waals surface area contributed by atoms with E-state index in [2.05, 4.69) is 31.3 Å². The Labute approximate surface area is 137 Å². The molecule has 2 rings (SSSR count). The quantitative estimate of drug-likeness (QED) is 0.864. The van der Waals surface area contributed by atoms with Crippen LogP contribution in [-0.2, 0) is 0 Å². The van der Waals surface area contributed by atoms with E-state index < -0.39 is 0 Å². The number of amides is 1. The van der Waals surface area contributed by atoms with E-state index in [1.807, 2.05) is 6.08 Å². The summed E-state index contributed by atoms with van der Waals surface area (Å²) in [6.07, 6.45) is 3.94. The van der Waals surface area contributed by atoms with Crippen LogP contribution in [0.5, 0.6) is 11.5 Å². The van der Waals surface area contributed by atoms with Gasteiger partial charge in [0.25, 0.3) is 5.91 Å². The number of nitrogens with one attached hydrogen (secondary N) is 1. The van der Waals surface area contributed by atoms with Gasteiger partial charge in [-0.2, -0.15) is 5.10 Å². The van der Waals surface area contributed by atoms with Crippen molar-refractivity contribution in [2.75, 3.05) is 14.2 Å². The van der Waals surface area contributed by atoms with E-state index in [0.29, 0.717) is 17.1 Å². The predicted octanol–water partition coefficient (Wildman–Crippen LogP) is 3.56. The molecule has 1 aromatic rings. The number of nitrogens with zero attached hydrogens (tertiary/aromatic N) is 1. The summed E-state index contributed by atoms with van der Waals surface area (Å²) in [6, 6.07) is 5.03. The van der Waals surface area contributed by atoms with Gasteiger partial charge in [-0.15, -0.1) is 0 Å². The standard InChI is InChI=1S/C18H24N2O3/c1-12-8-14(11-18(2,3)10-12)19-20-17(21)13-6-7-15(22-4)16(9-13)23-5/h6-9H,10-11H2,1-5H3,(H,20,21). The van der Waals surface area contributed by atoms with Gasteiger partial charge in [-0.25, -0.2) is 5.43 Å². The molecule has 5 nitrogen and oxygen atoms in total. The zero-order valence-corrected chi connectivity index (χ0v) is 14.4. The molecule has 0 fully saturated rings. The molecule has 0 spiro atoms. The third-order valence-corrected chi connectivity index (χ3v) is 3.78. The van der Waals surface area contributed by atoms with Gasteiger partial charge in [0, 0.05) is 5.56 Å². The minimum absolute atomic E-state index is 0.172. The van der Waals surface area contributed by atoms with Crippen molar-refractivity contribution >= 4 is 11.6 Å². The van der Waals surface area contributed by atoms with Gasteiger partial charge in [0.1, 0.15) is 0 Å². The maximum absolute atomic E-state index is 12.3. The number of hydrogen-bond donors (Lipinski definition) is 1. The Balaban J connectivity index is 2.13. The number of allylic oxidation sites excluding steroid dienone is 2. The molecular formula is C18H24N2O3. The molecule has 1 amide bonds. The Kier molecular flexibility index (Phi) is 5.08. The number of benzene rings is 1. The maximum Gasteiger partial charge on any atom is 0.271 e. The van der Waals surface area contributed by atoms with Gasteiger partial charge in [0.05, 0.1) is 19.9 Å². The highest BCUT2D eigenvalue weighted by Gasteiger charge is 2.24. The van der Waals surface area contributed by atoms with Crippen molar-refractivity contribution < 1.29 is 14.3 Å². The summed E-state index contributed by atoms with van der Waals surface area (Å²) in [6.45, 7) is 6.50. The second-order valence-electron chi connectivity index (χ2n) is 6.62. The molecule has 1 aliphatic rings. The van der Waals surface area contributed by atoms with Gasteiger partial charge >= 0.3 is 0 Å². The SMILES string of the molecule is COc1ccc(C(=O)NN=C2C=C(C)CC(C)(C)C2)cc1OC. The van der Waals surface area contributed by atoms with Gasteiger partial charge in [0.2, 0.25) is 0 Å². The highest BCUT2D eigenvalue weighted by Crippen LogP contribution is 2.33. The lowest BCUT2D eigenvalue weighted by atomic mass is 9.77. The van der Waals surface area contributed by atoms with Crippen LogP contribution in [0.4, 0.5) is 0 Å². The molecule has 124 valence electrons. The lowest BCUT2D eigenvalue weighted by Crippen LogP contribution is -2.25. The van der Waals surface area contributed by atoms with Crippen molar-refractivity contribution in [1.82, 2.24) is 5.43 Å². The Morgan fingerprint density at radius 3 is 2.48 bits per heavy atom. The molecule has 1 aliphatic carbocycles. The van der Waals surface area contributed by atoms with E-state index in [4.69, 9.17) is 9.47 Å². The molecule has 0 radical (unpaired) electrons. The van der Waals surface area contributed by atoms with Crippen LogP contribution in [0.2, 0.25) is 0 Å². The molecule has 0 bridgehead atoms. The van der Waals surface area contributed by atoms with Crippen LogP contribution in [0, 0.1) is 5.41 Å². The van der Waals surface area contributed by atoms with Gasteiger partial charge in [-0.05, 0) is 49.5 Å². The Morgan fingerprint density at radius 2 is 1.87 bits per heavy atom. The topological polar surface area (TPSA) is 59.9 Å². The van der Waals surface area contributed by atoms with Crippen molar-refractivity contribution in [2.24, 2.45) is 10.5 Å². The molecule has 0 aliphatic heterocycles. The average molecular weight is 316 g/mol. The molecule has 1 aromatic carbocycles. The highest BCUT2D eigenvalue weighted by atomic mass is 16.5. The molecule has 0 saturated carbocycles. The fourth-order valence-corrected chi connectivity index (χ4v) is 2.93. The number of rotatable bonds is 4. The fourth-order valence-electron chi connectivity index (χ4n) is 2.93. The van der Waals surface area contributed by atoms with E-state index in [-0.39, 0.29) is 11.3 Å². The van der Waals surface area contributed by atoms with E-state index >= 15 is 0 Å². The normalized spacial score (nSPS) is 18.3. The average Bonchev–Trinajstić information content (AvgIpc) is 2.50.